The Morgan fingerprint density at radius 2 is 1.80 bits per heavy atom. The third-order valence-corrected chi connectivity index (χ3v) is 3.86. The van der Waals surface area contributed by atoms with Crippen molar-refractivity contribution < 1.29 is 13.5 Å². The predicted molar refractivity (Wildman–Crippen MR) is 75.4 cm³/mol. The molecule has 2 nitrogen and oxygen atoms in total. The molecule has 1 unspecified atom stereocenters. The molecule has 1 aliphatic heterocycles. The molecular formula is C15H12BrF2NO. The smallest absolute Gasteiger partial charge is 0.126 e. The highest BCUT2D eigenvalue weighted by molar-refractivity contribution is 9.10. The maximum atomic E-state index is 13.3. The van der Waals surface area contributed by atoms with Crippen LogP contribution in [0.4, 0.5) is 8.78 Å². The summed E-state index contributed by atoms with van der Waals surface area (Å²) in [7, 11) is 0. The Morgan fingerprint density at radius 1 is 1.10 bits per heavy atom. The molecule has 0 radical (unpaired) electrons. The van der Waals surface area contributed by atoms with Crippen LogP contribution in [0.1, 0.15) is 29.7 Å². The number of hydrogen-bond acceptors (Lipinski definition) is 2. The largest absolute Gasteiger partial charge is 0.485 e. The summed E-state index contributed by atoms with van der Waals surface area (Å²) in [5, 5.41) is 0. The highest BCUT2D eigenvalue weighted by atomic mass is 79.9. The van der Waals surface area contributed by atoms with E-state index >= 15 is 0 Å². The van der Waals surface area contributed by atoms with Gasteiger partial charge >= 0.3 is 0 Å². The van der Waals surface area contributed by atoms with E-state index in [4.69, 9.17) is 10.5 Å². The summed E-state index contributed by atoms with van der Waals surface area (Å²) in [5.41, 5.74) is 7.48. The molecule has 0 aliphatic carbocycles. The van der Waals surface area contributed by atoms with E-state index in [0.29, 0.717) is 17.7 Å². The SMILES string of the molecule is N[C@@H]1CC(c2cc(F)cc(F)c2)Oc2cc(Br)ccc21. The van der Waals surface area contributed by atoms with Crippen LogP contribution in [-0.4, -0.2) is 0 Å². The zero-order chi connectivity index (χ0) is 14.3. The molecule has 1 heterocycles. The Morgan fingerprint density at radius 3 is 2.50 bits per heavy atom. The molecule has 2 N–H and O–H groups in total. The van der Waals surface area contributed by atoms with Crippen molar-refractivity contribution in [2.75, 3.05) is 0 Å². The van der Waals surface area contributed by atoms with Crippen LogP contribution in [0.5, 0.6) is 5.75 Å². The van der Waals surface area contributed by atoms with Crippen molar-refractivity contribution in [2.24, 2.45) is 5.73 Å². The van der Waals surface area contributed by atoms with Crippen molar-refractivity contribution >= 4 is 15.9 Å². The van der Waals surface area contributed by atoms with Crippen LogP contribution in [0.3, 0.4) is 0 Å². The van der Waals surface area contributed by atoms with E-state index in [0.717, 1.165) is 16.1 Å². The second-order valence-electron chi connectivity index (χ2n) is 4.83. The number of ether oxygens (including phenoxy) is 1. The van der Waals surface area contributed by atoms with Gasteiger partial charge in [0.15, 0.2) is 0 Å². The topological polar surface area (TPSA) is 35.2 Å². The fraction of sp³-hybridized carbons (Fsp3) is 0.200. The van der Waals surface area contributed by atoms with Crippen LogP contribution in [0, 0.1) is 11.6 Å². The monoisotopic (exact) mass is 339 g/mol. The van der Waals surface area contributed by atoms with E-state index in [-0.39, 0.29) is 6.04 Å². The number of rotatable bonds is 1. The average Bonchev–Trinajstić information content (AvgIpc) is 2.36. The van der Waals surface area contributed by atoms with Crippen LogP contribution in [0.25, 0.3) is 0 Å². The van der Waals surface area contributed by atoms with Gasteiger partial charge in [-0.25, -0.2) is 8.78 Å². The second-order valence-corrected chi connectivity index (χ2v) is 5.75. The molecule has 1 aliphatic rings. The van der Waals surface area contributed by atoms with Crippen molar-refractivity contribution in [3.63, 3.8) is 0 Å². The number of nitrogens with two attached hydrogens (primary N) is 1. The van der Waals surface area contributed by atoms with Gasteiger partial charge in [0.25, 0.3) is 0 Å². The molecular weight excluding hydrogens is 328 g/mol. The number of benzene rings is 2. The van der Waals surface area contributed by atoms with Gasteiger partial charge in [-0.1, -0.05) is 22.0 Å². The Hall–Kier alpha value is -1.46. The van der Waals surface area contributed by atoms with Gasteiger partial charge in [0.2, 0.25) is 0 Å². The van der Waals surface area contributed by atoms with Crippen molar-refractivity contribution in [1.29, 1.82) is 0 Å². The van der Waals surface area contributed by atoms with Gasteiger partial charge < -0.3 is 10.5 Å². The standard InChI is InChI=1S/C15H12BrF2NO/c16-9-1-2-12-13(19)7-14(20-15(12)5-9)8-3-10(17)6-11(18)4-8/h1-6,13-14H,7,19H2/t13-,14?/m1/s1. The maximum Gasteiger partial charge on any atom is 0.126 e. The Balaban J connectivity index is 1.98. The van der Waals surface area contributed by atoms with Gasteiger partial charge in [0.05, 0.1) is 0 Å². The molecule has 20 heavy (non-hydrogen) atoms. The van der Waals surface area contributed by atoms with Gasteiger partial charge in [-0.15, -0.1) is 0 Å². The fourth-order valence-electron chi connectivity index (χ4n) is 2.44. The quantitative estimate of drug-likeness (QED) is 0.842. The van der Waals surface area contributed by atoms with E-state index in [1.165, 1.54) is 12.1 Å². The van der Waals surface area contributed by atoms with Crippen LogP contribution >= 0.6 is 15.9 Å². The lowest BCUT2D eigenvalue weighted by Gasteiger charge is -2.30. The molecule has 104 valence electrons. The maximum absolute atomic E-state index is 13.3. The molecule has 2 aromatic carbocycles. The molecule has 0 amide bonds. The molecule has 0 aromatic heterocycles. The van der Waals surface area contributed by atoms with Gasteiger partial charge in [0.1, 0.15) is 23.5 Å². The summed E-state index contributed by atoms with van der Waals surface area (Å²) in [6.07, 6.45) is 0.0364. The lowest BCUT2D eigenvalue weighted by Crippen LogP contribution is -2.24. The first-order valence-electron chi connectivity index (χ1n) is 6.20. The molecule has 3 rings (SSSR count). The van der Waals surface area contributed by atoms with E-state index in [2.05, 4.69) is 15.9 Å². The molecule has 0 bridgehead atoms. The highest BCUT2D eigenvalue weighted by Gasteiger charge is 2.27. The Kier molecular flexibility index (Phi) is 3.48. The summed E-state index contributed by atoms with van der Waals surface area (Å²) >= 11 is 3.37. The van der Waals surface area contributed by atoms with Gasteiger partial charge in [0, 0.05) is 28.6 Å². The third kappa shape index (κ3) is 2.55. The highest BCUT2D eigenvalue weighted by Crippen LogP contribution is 2.41. The van der Waals surface area contributed by atoms with Crippen molar-refractivity contribution in [1.82, 2.24) is 0 Å². The Bertz CT molecular complexity index is 642. The van der Waals surface area contributed by atoms with Gasteiger partial charge in [-0.2, -0.15) is 0 Å². The zero-order valence-corrected chi connectivity index (χ0v) is 12.0. The Labute approximate surface area is 123 Å². The minimum Gasteiger partial charge on any atom is -0.485 e. The summed E-state index contributed by atoms with van der Waals surface area (Å²) < 4.78 is 33.3. The summed E-state index contributed by atoms with van der Waals surface area (Å²) in [5.74, 6) is -0.581. The van der Waals surface area contributed by atoms with Crippen molar-refractivity contribution in [3.8, 4) is 5.75 Å². The third-order valence-electron chi connectivity index (χ3n) is 3.37. The molecule has 0 saturated heterocycles. The van der Waals surface area contributed by atoms with E-state index < -0.39 is 17.7 Å². The van der Waals surface area contributed by atoms with Crippen LogP contribution in [-0.2, 0) is 0 Å². The minimum atomic E-state index is -0.614. The molecule has 0 spiro atoms. The summed E-state index contributed by atoms with van der Waals surface area (Å²) in [4.78, 5) is 0. The number of halogens is 3. The first-order valence-corrected chi connectivity index (χ1v) is 7.00. The number of hydrogen-bond donors (Lipinski definition) is 1. The van der Waals surface area contributed by atoms with Crippen molar-refractivity contribution in [2.45, 2.75) is 18.6 Å². The van der Waals surface area contributed by atoms with Crippen LogP contribution < -0.4 is 10.5 Å². The van der Waals surface area contributed by atoms with Gasteiger partial charge in [-0.05, 0) is 29.8 Å². The van der Waals surface area contributed by atoms with E-state index in [1.54, 1.807) is 0 Å². The fourth-order valence-corrected chi connectivity index (χ4v) is 2.78. The molecule has 0 fully saturated rings. The normalized spacial score (nSPS) is 21.2. The first-order chi connectivity index (χ1) is 9.52. The van der Waals surface area contributed by atoms with Crippen molar-refractivity contribution in [3.05, 3.63) is 63.6 Å². The minimum absolute atomic E-state index is 0.219. The van der Waals surface area contributed by atoms with Crippen LogP contribution in [0.15, 0.2) is 40.9 Å². The summed E-state index contributed by atoms with van der Waals surface area (Å²) in [6.45, 7) is 0. The van der Waals surface area contributed by atoms with Crippen LogP contribution in [0.2, 0.25) is 0 Å². The van der Waals surface area contributed by atoms with Gasteiger partial charge in [-0.3, -0.25) is 0 Å². The molecule has 2 atom stereocenters. The lowest BCUT2D eigenvalue weighted by molar-refractivity contribution is 0.160. The molecule has 2 aromatic rings. The lowest BCUT2D eigenvalue weighted by atomic mass is 9.93. The first kappa shape index (κ1) is 13.5. The van der Waals surface area contributed by atoms with E-state index in [9.17, 15) is 8.78 Å². The number of fused-ring (bicyclic) bond motifs is 1. The van der Waals surface area contributed by atoms with E-state index in [1.807, 2.05) is 18.2 Å². The zero-order valence-electron chi connectivity index (χ0n) is 10.4. The second kappa shape index (κ2) is 5.14. The average molecular weight is 340 g/mol. The predicted octanol–water partition coefficient (Wildman–Crippen LogP) is 4.25. The summed E-state index contributed by atoms with van der Waals surface area (Å²) in [6, 6.07) is 8.79. The molecule has 5 heteroatoms. The molecule has 0 saturated carbocycles.